The maximum Gasteiger partial charge on any atom is 0.228 e. The molecule has 0 aliphatic carbocycles. The van der Waals surface area contributed by atoms with Crippen LogP contribution in [0.1, 0.15) is 16.1 Å². The number of ketones is 1. The summed E-state index contributed by atoms with van der Waals surface area (Å²) in [7, 11) is 1.62. The number of hydrogen-bond acceptors (Lipinski definition) is 3. The fourth-order valence-electron chi connectivity index (χ4n) is 2.07. The van der Waals surface area contributed by atoms with Crippen LogP contribution in [0.3, 0.4) is 0 Å². The van der Waals surface area contributed by atoms with E-state index in [1.54, 1.807) is 25.3 Å². The van der Waals surface area contributed by atoms with E-state index in [2.05, 4.69) is 0 Å². The van der Waals surface area contributed by atoms with E-state index in [0.29, 0.717) is 5.56 Å². The van der Waals surface area contributed by atoms with Crippen LogP contribution in [0.5, 0.6) is 5.75 Å². The van der Waals surface area contributed by atoms with E-state index in [4.69, 9.17) is 20.8 Å². The van der Waals surface area contributed by atoms with Gasteiger partial charge in [-0.3, -0.25) is 4.79 Å². The van der Waals surface area contributed by atoms with Crippen LogP contribution in [0.15, 0.2) is 52.9 Å². The maximum atomic E-state index is 12.2. The number of fused-ring (bicyclic) bond motifs is 1. The number of benzene rings is 2. The van der Waals surface area contributed by atoms with E-state index in [0.717, 1.165) is 16.5 Å². The molecule has 0 aliphatic rings. The predicted molar refractivity (Wildman–Crippen MR) is 77.7 cm³/mol. The second-order valence-corrected chi connectivity index (χ2v) is 4.73. The number of methoxy groups -OCH3 is 1. The van der Waals surface area contributed by atoms with Crippen LogP contribution in [0.2, 0.25) is 5.22 Å². The lowest BCUT2D eigenvalue weighted by molar-refractivity contribution is 0.101. The van der Waals surface area contributed by atoms with Gasteiger partial charge in [0, 0.05) is 5.56 Å². The highest BCUT2D eigenvalue weighted by Gasteiger charge is 2.13. The summed E-state index contributed by atoms with van der Waals surface area (Å²) in [4.78, 5) is 12.2. The summed E-state index contributed by atoms with van der Waals surface area (Å²) in [6, 6.07) is 14.3. The highest BCUT2D eigenvalue weighted by Crippen LogP contribution is 2.24. The van der Waals surface area contributed by atoms with Crippen LogP contribution in [0.25, 0.3) is 10.8 Å². The van der Waals surface area contributed by atoms with Gasteiger partial charge in [0.15, 0.2) is 11.0 Å². The Morgan fingerprint density at radius 2 is 1.80 bits per heavy atom. The van der Waals surface area contributed by atoms with E-state index in [-0.39, 0.29) is 16.8 Å². The fraction of sp³-hybridized carbons (Fsp3) is 0.0625. The zero-order chi connectivity index (χ0) is 14.1. The summed E-state index contributed by atoms with van der Waals surface area (Å²) < 4.78 is 10.3. The first-order chi connectivity index (χ1) is 9.67. The Balaban J connectivity index is 2.02. The molecule has 0 fully saturated rings. The summed E-state index contributed by atoms with van der Waals surface area (Å²) in [5.41, 5.74) is 0.564. The van der Waals surface area contributed by atoms with E-state index >= 15 is 0 Å². The van der Waals surface area contributed by atoms with Crippen molar-refractivity contribution >= 4 is 28.2 Å². The second-order valence-electron chi connectivity index (χ2n) is 4.36. The molecule has 3 nitrogen and oxygen atoms in total. The quantitative estimate of drug-likeness (QED) is 0.673. The first-order valence-corrected chi connectivity index (χ1v) is 6.43. The number of halogens is 1. The smallest absolute Gasteiger partial charge is 0.228 e. The van der Waals surface area contributed by atoms with Crippen LogP contribution in [0.4, 0.5) is 0 Å². The van der Waals surface area contributed by atoms with Gasteiger partial charge >= 0.3 is 0 Å². The number of rotatable bonds is 3. The standard InChI is InChI=1S/C16H11ClO3/c1-19-13-5-4-10-8-12(3-2-11(10)9-13)16(18)14-6-7-15(17)20-14/h2-9H,1H3. The molecule has 0 radical (unpaired) electrons. The molecule has 4 heteroatoms. The van der Waals surface area contributed by atoms with Crippen molar-refractivity contribution in [2.24, 2.45) is 0 Å². The molecule has 3 aromatic rings. The molecule has 0 bridgehead atoms. The molecule has 0 aliphatic heterocycles. The zero-order valence-electron chi connectivity index (χ0n) is 10.7. The first-order valence-electron chi connectivity index (χ1n) is 6.05. The Labute approximate surface area is 120 Å². The van der Waals surface area contributed by atoms with E-state index in [1.807, 2.05) is 30.3 Å². The minimum atomic E-state index is -0.186. The Kier molecular flexibility index (Phi) is 3.20. The van der Waals surface area contributed by atoms with Gasteiger partial charge in [0.2, 0.25) is 5.78 Å². The number of furan rings is 1. The molecule has 0 atom stereocenters. The van der Waals surface area contributed by atoms with Crippen molar-refractivity contribution in [1.82, 2.24) is 0 Å². The van der Waals surface area contributed by atoms with Crippen molar-refractivity contribution in [2.45, 2.75) is 0 Å². The largest absolute Gasteiger partial charge is 0.497 e. The number of hydrogen-bond donors (Lipinski definition) is 0. The van der Waals surface area contributed by atoms with Crippen molar-refractivity contribution in [1.29, 1.82) is 0 Å². The van der Waals surface area contributed by atoms with Gasteiger partial charge in [-0.05, 0) is 52.7 Å². The molecular weight excluding hydrogens is 276 g/mol. The molecule has 3 rings (SSSR count). The molecule has 0 saturated heterocycles. The third kappa shape index (κ3) is 2.28. The Hall–Kier alpha value is -2.26. The molecule has 1 aromatic heterocycles. The highest BCUT2D eigenvalue weighted by molar-refractivity contribution is 6.29. The molecule has 0 amide bonds. The van der Waals surface area contributed by atoms with E-state index in [1.165, 1.54) is 0 Å². The van der Waals surface area contributed by atoms with Crippen LogP contribution in [-0.2, 0) is 0 Å². The fourth-order valence-corrected chi connectivity index (χ4v) is 2.22. The van der Waals surface area contributed by atoms with Gasteiger partial charge in [0.25, 0.3) is 0 Å². The van der Waals surface area contributed by atoms with Crippen molar-refractivity contribution < 1.29 is 13.9 Å². The zero-order valence-corrected chi connectivity index (χ0v) is 11.5. The SMILES string of the molecule is COc1ccc2cc(C(=O)c3ccc(Cl)o3)ccc2c1. The third-order valence-electron chi connectivity index (χ3n) is 3.11. The van der Waals surface area contributed by atoms with Crippen LogP contribution in [0, 0.1) is 0 Å². The molecular formula is C16H11ClO3. The Morgan fingerprint density at radius 1 is 1.05 bits per heavy atom. The highest BCUT2D eigenvalue weighted by atomic mass is 35.5. The van der Waals surface area contributed by atoms with Gasteiger partial charge in [-0.15, -0.1) is 0 Å². The van der Waals surface area contributed by atoms with Crippen molar-refractivity contribution in [3.8, 4) is 5.75 Å². The van der Waals surface area contributed by atoms with Crippen molar-refractivity contribution in [3.63, 3.8) is 0 Å². The summed E-state index contributed by atoms with van der Waals surface area (Å²) in [5.74, 6) is 0.840. The Bertz CT molecular complexity index is 789. The number of ether oxygens (including phenoxy) is 1. The van der Waals surface area contributed by atoms with Gasteiger partial charge in [-0.2, -0.15) is 0 Å². The van der Waals surface area contributed by atoms with Gasteiger partial charge in [0.1, 0.15) is 5.75 Å². The number of carbonyl (C=O) groups is 1. The molecule has 0 saturated carbocycles. The number of carbonyl (C=O) groups excluding carboxylic acids is 1. The molecule has 1 heterocycles. The average Bonchev–Trinajstić information content (AvgIpc) is 2.92. The first kappa shape index (κ1) is 12.8. The van der Waals surface area contributed by atoms with Crippen LogP contribution >= 0.6 is 11.6 Å². The monoisotopic (exact) mass is 286 g/mol. The van der Waals surface area contributed by atoms with Gasteiger partial charge in [-0.25, -0.2) is 0 Å². The molecule has 0 N–H and O–H groups in total. The normalized spacial score (nSPS) is 10.7. The average molecular weight is 287 g/mol. The molecule has 0 spiro atoms. The molecule has 100 valence electrons. The van der Waals surface area contributed by atoms with Gasteiger partial charge < -0.3 is 9.15 Å². The van der Waals surface area contributed by atoms with E-state index < -0.39 is 0 Å². The molecule has 20 heavy (non-hydrogen) atoms. The van der Waals surface area contributed by atoms with Gasteiger partial charge in [0.05, 0.1) is 7.11 Å². The van der Waals surface area contributed by atoms with Crippen molar-refractivity contribution in [2.75, 3.05) is 7.11 Å². The van der Waals surface area contributed by atoms with Crippen molar-refractivity contribution in [3.05, 3.63) is 65.1 Å². The lowest BCUT2D eigenvalue weighted by Gasteiger charge is -2.04. The predicted octanol–water partition coefficient (Wildman–Crippen LogP) is 4.33. The summed E-state index contributed by atoms with van der Waals surface area (Å²) in [6.07, 6.45) is 0. The lowest BCUT2D eigenvalue weighted by atomic mass is 10.0. The Morgan fingerprint density at radius 3 is 2.50 bits per heavy atom. The lowest BCUT2D eigenvalue weighted by Crippen LogP contribution is -1.99. The maximum absolute atomic E-state index is 12.2. The van der Waals surface area contributed by atoms with Crippen LogP contribution in [-0.4, -0.2) is 12.9 Å². The molecule has 0 unspecified atom stereocenters. The van der Waals surface area contributed by atoms with Crippen LogP contribution < -0.4 is 4.74 Å². The third-order valence-corrected chi connectivity index (χ3v) is 3.31. The summed E-state index contributed by atoms with van der Waals surface area (Å²) in [6.45, 7) is 0. The van der Waals surface area contributed by atoms with Gasteiger partial charge in [-0.1, -0.05) is 18.2 Å². The molecule has 2 aromatic carbocycles. The van der Waals surface area contributed by atoms with E-state index in [9.17, 15) is 4.79 Å². The summed E-state index contributed by atoms with van der Waals surface area (Å²) >= 11 is 5.69. The summed E-state index contributed by atoms with van der Waals surface area (Å²) in [5, 5.41) is 2.19. The second kappa shape index (κ2) is 5.02. The minimum Gasteiger partial charge on any atom is -0.497 e. The minimum absolute atomic E-state index is 0.186. The topological polar surface area (TPSA) is 39.4 Å².